The number of rotatable bonds is 8. The van der Waals surface area contributed by atoms with Crippen LogP contribution in [0.1, 0.15) is 32.1 Å². The summed E-state index contributed by atoms with van der Waals surface area (Å²) in [6, 6.07) is 15.7. The quantitative estimate of drug-likeness (QED) is 0.226. The predicted molar refractivity (Wildman–Crippen MR) is 141 cm³/mol. The third-order valence-corrected chi connectivity index (χ3v) is 5.95. The molecule has 0 bridgehead atoms. The van der Waals surface area contributed by atoms with Gasteiger partial charge in [0.2, 0.25) is 0 Å². The van der Waals surface area contributed by atoms with E-state index >= 15 is 0 Å². The minimum atomic E-state index is -0.626. The average Bonchev–Trinajstić information content (AvgIpc) is 3.33. The molecule has 0 saturated carbocycles. The minimum absolute atomic E-state index is 0.0273. The lowest BCUT2D eigenvalue weighted by Crippen LogP contribution is -2.27. The number of amides is 2. The summed E-state index contributed by atoms with van der Waals surface area (Å²) < 4.78 is 10.5. The lowest BCUT2D eigenvalue weighted by Gasteiger charge is -2.15. The number of hydrogen-bond acceptors (Lipinski definition) is 7. The minimum Gasteiger partial charge on any atom is -0.467 e. The van der Waals surface area contributed by atoms with Gasteiger partial charge in [0.05, 0.1) is 7.11 Å². The van der Waals surface area contributed by atoms with Crippen molar-refractivity contribution >= 4 is 40.2 Å². The second-order valence-electron chi connectivity index (χ2n) is 8.18. The van der Waals surface area contributed by atoms with E-state index in [1.807, 2.05) is 64.1 Å². The summed E-state index contributed by atoms with van der Waals surface area (Å²) >= 11 is 1.48. The standard InChI is InChI=1S/C26H30N4O4S/c1-6-35-24(29-23(16(2)3)25(31)33-5)22-15-21(30-34-22)18-9-13-20(14-10-18)28-26(32)27-19-11-7-17(4)8-12-19/h7-16,23H,6H2,1-5H3,(H2,27,28,32)/t23-/m1/s1. The van der Waals surface area contributed by atoms with Crippen LogP contribution in [0.25, 0.3) is 11.3 Å². The van der Waals surface area contributed by atoms with E-state index in [9.17, 15) is 9.59 Å². The highest BCUT2D eigenvalue weighted by molar-refractivity contribution is 8.14. The van der Waals surface area contributed by atoms with Gasteiger partial charge >= 0.3 is 12.0 Å². The number of aromatic nitrogens is 1. The fraction of sp³-hybridized carbons (Fsp3) is 0.308. The van der Waals surface area contributed by atoms with Crippen LogP contribution in [0.4, 0.5) is 16.2 Å². The number of hydrogen-bond donors (Lipinski definition) is 2. The van der Waals surface area contributed by atoms with Crippen LogP contribution >= 0.6 is 11.8 Å². The van der Waals surface area contributed by atoms with Gasteiger partial charge in [-0.15, -0.1) is 11.8 Å². The maximum atomic E-state index is 12.3. The van der Waals surface area contributed by atoms with Gasteiger partial charge in [-0.25, -0.2) is 9.59 Å². The van der Waals surface area contributed by atoms with Gasteiger partial charge in [0.15, 0.2) is 11.8 Å². The van der Waals surface area contributed by atoms with Crippen LogP contribution in [0.3, 0.4) is 0 Å². The fourth-order valence-corrected chi connectivity index (χ4v) is 3.90. The van der Waals surface area contributed by atoms with E-state index in [0.717, 1.165) is 16.9 Å². The summed E-state index contributed by atoms with van der Waals surface area (Å²) in [6.07, 6.45) is 0. The fourth-order valence-electron chi connectivity index (χ4n) is 3.20. The van der Waals surface area contributed by atoms with Crippen molar-refractivity contribution in [3.63, 3.8) is 0 Å². The van der Waals surface area contributed by atoms with Crippen LogP contribution in [-0.4, -0.2) is 41.1 Å². The zero-order valence-corrected chi connectivity index (χ0v) is 21.3. The molecule has 1 aromatic heterocycles. The van der Waals surface area contributed by atoms with Crippen molar-refractivity contribution in [2.45, 2.75) is 33.7 Å². The number of carbonyl (C=O) groups excluding carboxylic acids is 2. The zero-order chi connectivity index (χ0) is 25.4. The molecule has 9 heteroatoms. The molecule has 184 valence electrons. The van der Waals surface area contributed by atoms with Crippen molar-refractivity contribution in [1.29, 1.82) is 0 Å². The number of aliphatic imine (C=N–C) groups is 1. The number of ether oxygens (including phenoxy) is 1. The van der Waals surface area contributed by atoms with Gasteiger partial charge in [-0.1, -0.05) is 55.8 Å². The lowest BCUT2D eigenvalue weighted by atomic mass is 10.1. The van der Waals surface area contributed by atoms with Gasteiger partial charge in [0.25, 0.3) is 0 Å². The molecule has 0 saturated heterocycles. The SMILES string of the molecule is CCSC(=N[C@@H](C(=O)OC)C(C)C)c1cc(-c2ccc(NC(=O)Nc3ccc(C)cc3)cc2)no1. The van der Waals surface area contributed by atoms with Gasteiger partial charge in [-0.2, -0.15) is 0 Å². The molecule has 2 aromatic carbocycles. The molecule has 1 atom stereocenters. The molecule has 0 radical (unpaired) electrons. The monoisotopic (exact) mass is 494 g/mol. The topological polar surface area (TPSA) is 106 Å². The first kappa shape index (κ1) is 26.0. The van der Waals surface area contributed by atoms with Crippen LogP contribution in [-0.2, 0) is 9.53 Å². The molecule has 35 heavy (non-hydrogen) atoms. The third kappa shape index (κ3) is 7.19. The number of esters is 1. The Morgan fingerprint density at radius 1 is 1.06 bits per heavy atom. The number of methoxy groups -OCH3 is 1. The highest BCUT2D eigenvalue weighted by atomic mass is 32.2. The first-order chi connectivity index (χ1) is 16.8. The Kier molecular flexibility index (Phi) is 9.08. The second-order valence-corrected chi connectivity index (χ2v) is 9.43. The summed E-state index contributed by atoms with van der Waals surface area (Å²) in [5.74, 6) is 0.830. The number of aryl methyl sites for hydroxylation is 1. The van der Waals surface area contributed by atoms with Gasteiger partial charge in [-0.05, 0) is 42.9 Å². The van der Waals surface area contributed by atoms with Gasteiger partial charge in [0.1, 0.15) is 10.7 Å². The predicted octanol–water partition coefficient (Wildman–Crippen LogP) is 5.99. The highest BCUT2D eigenvalue weighted by Gasteiger charge is 2.24. The molecule has 8 nitrogen and oxygen atoms in total. The number of benzene rings is 2. The van der Waals surface area contributed by atoms with Crippen LogP contribution in [0.5, 0.6) is 0 Å². The number of thioether (sulfide) groups is 1. The maximum Gasteiger partial charge on any atom is 0.330 e. The molecule has 2 amide bonds. The Morgan fingerprint density at radius 2 is 1.66 bits per heavy atom. The van der Waals surface area contributed by atoms with E-state index in [0.29, 0.717) is 27.9 Å². The molecule has 0 spiro atoms. The van der Waals surface area contributed by atoms with Crippen molar-refractivity contribution < 1.29 is 18.8 Å². The summed E-state index contributed by atoms with van der Waals surface area (Å²) in [4.78, 5) is 29.0. The summed E-state index contributed by atoms with van der Waals surface area (Å²) in [5, 5.41) is 10.4. The van der Waals surface area contributed by atoms with E-state index in [4.69, 9.17) is 9.26 Å². The molecule has 3 aromatic rings. The molecule has 0 aliphatic carbocycles. The Balaban J connectivity index is 1.72. The van der Waals surface area contributed by atoms with Crippen molar-refractivity contribution in [1.82, 2.24) is 5.16 Å². The lowest BCUT2D eigenvalue weighted by molar-refractivity contribution is -0.143. The molecule has 2 N–H and O–H groups in total. The van der Waals surface area contributed by atoms with E-state index in [-0.39, 0.29) is 17.9 Å². The van der Waals surface area contributed by atoms with Crippen LogP contribution in [0.2, 0.25) is 0 Å². The number of nitrogens with zero attached hydrogens (tertiary/aromatic N) is 2. The van der Waals surface area contributed by atoms with Crippen LogP contribution in [0.15, 0.2) is 64.1 Å². The smallest absolute Gasteiger partial charge is 0.330 e. The molecule has 3 rings (SSSR count). The third-order valence-electron chi connectivity index (χ3n) is 5.08. The number of nitrogens with one attached hydrogen (secondary N) is 2. The summed E-state index contributed by atoms with van der Waals surface area (Å²) in [5.41, 5.74) is 3.92. The maximum absolute atomic E-state index is 12.3. The molecular weight excluding hydrogens is 464 g/mol. The van der Waals surface area contributed by atoms with Crippen molar-refractivity contribution in [3.05, 3.63) is 65.9 Å². The molecule has 0 unspecified atom stereocenters. The molecule has 0 fully saturated rings. The normalized spacial score (nSPS) is 12.3. The highest BCUT2D eigenvalue weighted by Crippen LogP contribution is 2.25. The first-order valence-electron chi connectivity index (χ1n) is 11.3. The van der Waals surface area contributed by atoms with Crippen molar-refractivity contribution in [2.75, 3.05) is 23.5 Å². The Labute approximate surface area is 209 Å². The molecule has 0 aliphatic rings. The van der Waals surface area contributed by atoms with Crippen molar-refractivity contribution in [3.8, 4) is 11.3 Å². The van der Waals surface area contributed by atoms with E-state index in [2.05, 4.69) is 20.8 Å². The van der Waals surface area contributed by atoms with Crippen LogP contribution in [0, 0.1) is 12.8 Å². The van der Waals surface area contributed by atoms with E-state index < -0.39 is 6.04 Å². The van der Waals surface area contributed by atoms with Gasteiger partial charge in [0, 0.05) is 23.0 Å². The Bertz CT molecular complexity index is 1170. The van der Waals surface area contributed by atoms with Gasteiger partial charge in [-0.3, -0.25) is 4.99 Å². The average molecular weight is 495 g/mol. The summed E-state index contributed by atoms with van der Waals surface area (Å²) in [6.45, 7) is 7.83. The van der Waals surface area contributed by atoms with Gasteiger partial charge < -0.3 is 19.9 Å². The summed E-state index contributed by atoms with van der Waals surface area (Å²) in [7, 11) is 1.36. The van der Waals surface area contributed by atoms with E-state index in [1.54, 1.807) is 18.2 Å². The van der Waals surface area contributed by atoms with Crippen LogP contribution < -0.4 is 10.6 Å². The molecular formula is C26H30N4O4S. The second kappa shape index (κ2) is 12.2. The Hall–Kier alpha value is -3.59. The zero-order valence-electron chi connectivity index (χ0n) is 20.5. The Morgan fingerprint density at radius 3 is 2.20 bits per heavy atom. The number of urea groups is 1. The number of anilines is 2. The largest absolute Gasteiger partial charge is 0.467 e. The first-order valence-corrected chi connectivity index (χ1v) is 12.3. The molecule has 0 aliphatic heterocycles. The molecule has 1 heterocycles. The number of carbonyl (C=O) groups is 2. The van der Waals surface area contributed by atoms with Crippen molar-refractivity contribution in [2.24, 2.45) is 10.9 Å². The van der Waals surface area contributed by atoms with E-state index in [1.165, 1.54) is 18.9 Å².